The molecule has 0 radical (unpaired) electrons. The van der Waals surface area contributed by atoms with Gasteiger partial charge in [-0.1, -0.05) is 50.0 Å². The quantitative estimate of drug-likeness (QED) is 0.183. The number of aromatic nitrogens is 2. The zero-order valence-corrected chi connectivity index (χ0v) is 30.5. The summed E-state index contributed by atoms with van der Waals surface area (Å²) in [5, 5.41) is 20.7. The maximum Gasteiger partial charge on any atom is 0.391 e. The third-order valence-electron chi connectivity index (χ3n) is 9.06. The van der Waals surface area contributed by atoms with Crippen molar-refractivity contribution in [1.82, 2.24) is 20.2 Å². The lowest BCUT2D eigenvalue weighted by Gasteiger charge is -2.32. The molecule has 2 amide bonds. The minimum Gasteiger partial charge on any atom is -0.389 e. The summed E-state index contributed by atoms with van der Waals surface area (Å²) in [4.78, 5) is 33.3. The van der Waals surface area contributed by atoms with Crippen LogP contribution in [0.1, 0.15) is 76.2 Å². The fourth-order valence-electron chi connectivity index (χ4n) is 6.28. The van der Waals surface area contributed by atoms with Gasteiger partial charge in [0.25, 0.3) is 5.91 Å². The Morgan fingerprint density at radius 2 is 1.68 bits per heavy atom. The van der Waals surface area contributed by atoms with Gasteiger partial charge in [-0.3, -0.25) is 9.59 Å². The molecule has 1 aliphatic heterocycles. The molecule has 2 aromatic carbocycles. The summed E-state index contributed by atoms with van der Waals surface area (Å²) in [6.07, 6.45) is -3.83. The molecule has 1 saturated carbocycles. The second-order valence-corrected chi connectivity index (χ2v) is 15.6. The summed E-state index contributed by atoms with van der Waals surface area (Å²) < 4.78 is 47.2. The van der Waals surface area contributed by atoms with Gasteiger partial charge in [0.15, 0.2) is 0 Å². The average molecular weight is 742 g/mol. The molecule has 50 heavy (non-hydrogen) atoms. The highest BCUT2D eigenvalue weighted by Gasteiger charge is 2.41. The number of aliphatic hydroxyl groups is 1. The number of carbonyl (C=O) groups is 2. The average Bonchev–Trinajstić information content (AvgIpc) is 3.35. The van der Waals surface area contributed by atoms with E-state index in [1.54, 1.807) is 36.6 Å². The Kier molecular flexibility index (Phi) is 11.2. The number of hydrogen-bond donors (Lipinski definition) is 4. The first-order valence-corrected chi connectivity index (χ1v) is 17.6. The zero-order valence-electron chi connectivity index (χ0n) is 28.9. The molecule has 3 aromatic rings. The molecule has 274 valence electrons. The van der Waals surface area contributed by atoms with Crippen LogP contribution in [0, 0.1) is 11.3 Å². The van der Waals surface area contributed by atoms with E-state index in [9.17, 15) is 27.9 Å². The first-order chi connectivity index (χ1) is 23.3. The maximum absolute atomic E-state index is 13.9. The van der Waals surface area contributed by atoms with Crippen molar-refractivity contribution in [2.24, 2.45) is 11.3 Å². The standard InChI is InChI=1S/C35H45Cl2F3N6O4/c1-33(2,3)31(48)41-18-20-6-11-24(36)29(28(20)37)44-32-43-25-16-23(30(47)42-22-9-7-21(8-10-22)35(38,39)40)26(45-12-14-50-15-13-45)17-27(25)46(32)19-34(4,5)49/h6,11,16-17,21-22,49H,7-10,12-15,18-19H2,1-5H3,(H,41,48)(H,42,47)(H,43,44). The molecular weight excluding hydrogens is 696 g/mol. The van der Waals surface area contributed by atoms with E-state index >= 15 is 0 Å². The molecule has 2 fully saturated rings. The topological polar surface area (TPSA) is 121 Å². The molecule has 5 rings (SSSR count). The summed E-state index contributed by atoms with van der Waals surface area (Å²) in [5.41, 5.74) is 1.23. The molecule has 15 heteroatoms. The number of benzene rings is 2. The lowest BCUT2D eigenvalue weighted by Crippen LogP contribution is -2.41. The molecule has 10 nitrogen and oxygen atoms in total. The third kappa shape index (κ3) is 8.96. The molecule has 2 heterocycles. The lowest BCUT2D eigenvalue weighted by molar-refractivity contribution is -0.182. The Bertz CT molecular complexity index is 1720. The van der Waals surface area contributed by atoms with E-state index in [2.05, 4.69) is 16.0 Å². The summed E-state index contributed by atoms with van der Waals surface area (Å²) in [7, 11) is 0. The van der Waals surface area contributed by atoms with Gasteiger partial charge in [0.1, 0.15) is 0 Å². The number of rotatable bonds is 9. The zero-order chi connectivity index (χ0) is 36.6. The molecular formula is C35H45Cl2F3N6O4. The van der Waals surface area contributed by atoms with E-state index in [0.29, 0.717) is 70.8 Å². The number of anilines is 3. The molecule has 1 aromatic heterocycles. The van der Waals surface area contributed by atoms with Gasteiger partial charge in [0.2, 0.25) is 11.9 Å². The van der Waals surface area contributed by atoms with Crippen LogP contribution in [0.15, 0.2) is 24.3 Å². The number of halogens is 5. The fraction of sp³-hybridized carbons (Fsp3) is 0.571. The largest absolute Gasteiger partial charge is 0.391 e. The SMILES string of the molecule is CC(C)(O)Cn1c(Nc2c(Cl)ccc(CNC(=O)C(C)(C)C)c2Cl)nc2cc(C(=O)NC3CCC(C(F)(F)F)CC3)c(N3CCOCC3)cc21. The highest BCUT2D eigenvalue weighted by Crippen LogP contribution is 2.39. The molecule has 1 aliphatic carbocycles. The third-order valence-corrected chi connectivity index (χ3v) is 9.81. The van der Waals surface area contributed by atoms with Gasteiger partial charge < -0.3 is 35.3 Å². The molecule has 1 saturated heterocycles. The van der Waals surface area contributed by atoms with Gasteiger partial charge in [-0.15, -0.1) is 0 Å². The van der Waals surface area contributed by atoms with Crippen molar-refractivity contribution in [3.8, 4) is 0 Å². The Labute approximate surface area is 300 Å². The summed E-state index contributed by atoms with van der Waals surface area (Å²) in [5.74, 6) is -1.59. The van der Waals surface area contributed by atoms with E-state index in [4.69, 9.17) is 32.9 Å². The molecule has 4 N–H and O–H groups in total. The van der Waals surface area contributed by atoms with E-state index < -0.39 is 29.0 Å². The first-order valence-electron chi connectivity index (χ1n) is 16.8. The minimum absolute atomic E-state index is 0.0323. The molecule has 0 unspecified atom stereocenters. The van der Waals surface area contributed by atoms with Gasteiger partial charge >= 0.3 is 6.18 Å². The Morgan fingerprint density at radius 3 is 2.28 bits per heavy atom. The maximum atomic E-state index is 13.9. The van der Waals surface area contributed by atoms with E-state index in [-0.39, 0.29) is 55.7 Å². The number of alkyl halides is 3. The minimum atomic E-state index is -4.24. The number of morpholine rings is 1. The summed E-state index contributed by atoms with van der Waals surface area (Å²) in [6.45, 7) is 11.0. The van der Waals surface area contributed by atoms with Crippen molar-refractivity contribution >= 4 is 63.4 Å². The second-order valence-electron chi connectivity index (χ2n) is 14.8. The number of nitrogens with zero attached hydrogens (tertiary/aromatic N) is 3. The number of fused-ring (bicyclic) bond motifs is 1. The van der Waals surface area contributed by atoms with Gasteiger partial charge in [-0.05, 0) is 63.3 Å². The van der Waals surface area contributed by atoms with Crippen LogP contribution >= 0.6 is 23.2 Å². The fourth-order valence-corrected chi connectivity index (χ4v) is 6.81. The normalized spacial score (nSPS) is 19.1. The summed E-state index contributed by atoms with van der Waals surface area (Å²) in [6, 6.07) is 6.53. The van der Waals surface area contributed by atoms with Gasteiger partial charge in [0.05, 0.1) is 69.3 Å². The van der Waals surface area contributed by atoms with Crippen LogP contribution in [0.25, 0.3) is 11.0 Å². The van der Waals surface area contributed by atoms with Crippen molar-refractivity contribution < 1.29 is 32.6 Å². The number of carbonyl (C=O) groups excluding carboxylic acids is 2. The molecule has 0 spiro atoms. The van der Waals surface area contributed by atoms with Crippen molar-refractivity contribution in [1.29, 1.82) is 0 Å². The van der Waals surface area contributed by atoms with Crippen molar-refractivity contribution in [3.05, 3.63) is 45.4 Å². The lowest BCUT2D eigenvalue weighted by atomic mass is 9.85. The predicted octanol–water partition coefficient (Wildman–Crippen LogP) is 7.21. The van der Waals surface area contributed by atoms with E-state index in [1.807, 2.05) is 31.7 Å². The second kappa shape index (κ2) is 14.8. The smallest absolute Gasteiger partial charge is 0.389 e. The number of nitrogens with one attached hydrogen (secondary N) is 3. The van der Waals surface area contributed by atoms with Crippen LogP contribution in [-0.4, -0.2) is 70.6 Å². The Morgan fingerprint density at radius 1 is 1.02 bits per heavy atom. The van der Waals surface area contributed by atoms with Crippen LogP contribution in [-0.2, 0) is 22.6 Å². The highest BCUT2D eigenvalue weighted by molar-refractivity contribution is 6.39. The van der Waals surface area contributed by atoms with E-state index in [0.717, 1.165) is 0 Å². The number of ether oxygens (including phenoxy) is 1. The van der Waals surface area contributed by atoms with Crippen LogP contribution in [0.2, 0.25) is 10.0 Å². The van der Waals surface area contributed by atoms with Crippen LogP contribution in [0.3, 0.4) is 0 Å². The van der Waals surface area contributed by atoms with Crippen molar-refractivity contribution in [2.45, 2.75) is 91.2 Å². The Hall–Kier alpha value is -3.26. The summed E-state index contributed by atoms with van der Waals surface area (Å²) >= 11 is 13.5. The van der Waals surface area contributed by atoms with Gasteiger partial charge in [0, 0.05) is 31.1 Å². The van der Waals surface area contributed by atoms with Crippen LogP contribution in [0.5, 0.6) is 0 Å². The van der Waals surface area contributed by atoms with Crippen molar-refractivity contribution in [2.75, 3.05) is 36.5 Å². The predicted molar refractivity (Wildman–Crippen MR) is 189 cm³/mol. The van der Waals surface area contributed by atoms with Crippen molar-refractivity contribution in [3.63, 3.8) is 0 Å². The molecule has 2 aliphatic rings. The number of imidazole rings is 1. The molecule has 0 atom stereocenters. The highest BCUT2D eigenvalue weighted by atomic mass is 35.5. The monoisotopic (exact) mass is 740 g/mol. The number of hydrogen-bond acceptors (Lipinski definition) is 7. The first kappa shape index (κ1) is 38.0. The van der Waals surface area contributed by atoms with Gasteiger partial charge in [-0.25, -0.2) is 4.98 Å². The van der Waals surface area contributed by atoms with Crippen LogP contribution in [0.4, 0.5) is 30.5 Å². The van der Waals surface area contributed by atoms with Crippen LogP contribution < -0.4 is 20.9 Å². The van der Waals surface area contributed by atoms with E-state index in [1.165, 1.54) is 0 Å². The van der Waals surface area contributed by atoms with Gasteiger partial charge in [-0.2, -0.15) is 13.2 Å². The molecule has 0 bridgehead atoms. The number of amides is 2. The Balaban J connectivity index is 1.52.